The van der Waals surface area contributed by atoms with Gasteiger partial charge in [0.25, 0.3) is 0 Å². The van der Waals surface area contributed by atoms with Crippen molar-refractivity contribution >= 4 is 25.1 Å². The number of hydrogen-bond donors (Lipinski definition) is 3. The van der Waals surface area contributed by atoms with Crippen molar-refractivity contribution in [2.45, 2.75) is 19.4 Å². The first-order valence-electron chi connectivity index (χ1n) is 6.65. The van der Waals surface area contributed by atoms with E-state index in [1.165, 1.54) is 12.1 Å². The molecule has 1 aromatic carbocycles. The number of fused-ring (bicyclic) bond motifs is 1. The third kappa shape index (κ3) is 2.41. The van der Waals surface area contributed by atoms with Crippen LogP contribution >= 0.6 is 0 Å². The van der Waals surface area contributed by atoms with Crippen molar-refractivity contribution in [1.82, 2.24) is 15.4 Å². The maximum atomic E-state index is 13.2. The van der Waals surface area contributed by atoms with Crippen LogP contribution in [-0.2, 0) is 6.42 Å². The van der Waals surface area contributed by atoms with Crippen LogP contribution in [0.5, 0.6) is 0 Å². The normalized spacial score (nSPS) is 16.9. The highest BCUT2D eigenvalue weighted by molar-refractivity contribution is 6.33. The lowest BCUT2D eigenvalue weighted by molar-refractivity contribution is 0.233. The van der Waals surface area contributed by atoms with Gasteiger partial charge < -0.3 is 5.73 Å². The molecule has 3 rings (SSSR count). The van der Waals surface area contributed by atoms with Crippen molar-refractivity contribution in [2.75, 3.05) is 5.73 Å². The monoisotopic (exact) mass is 297 g/mol. The number of nitrogens with one attached hydrogen (secondary N) is 1. The number of rotatable bonds is 1. The van der Waals surface area contributed by atoms with Crippen molar-refractivity contribution in [2.24, 2.45) is 4.99 Å². The van der Waals surface area contributed by atoms with Crippen molar-refractivity contribution < 1.29 is 9.60 Å². The standard InChI is InChI=1S/C14H13BFN5O/c1-6-12-11(20-14(17)18-6)5-10(19-13(12)21-22)8-3-2-7(16)4-9(8)15/h2-4,10,22H,5H2,1H3,(H,19,21)(H2,17,18,20)/t10-/m1/s1. The van der Waals surface area contributed by atoms with Crippen LogP contribution in [0.2, 0.25) is 0 Å². The summed E-state index contributed by atoms with van der Waals surface area (Å²) >= 11 is 0. The molecular weight excluding hydrogens is 284 g/mol. The van der Waals surface area contributed by atoms with Crippen molar-refractivity contribution in [3.05, 3.63) is 46.5 Å². The molecule has 110 valence electrons. The van der Waals surface area contributed by atoms with Crippen molar-refractivity contribution in [1.29, 1.82) is 0 Å². The second-order valence-electron chi connectivity index (χ2n) is 5.07. The zero-order chi connectivity index (χ0) is 15.9. The summed E-state index contributed by atoms with van der Waals surface area (Å²) in [7, 11) is 5.87. The summed E-state index contributed by atoms with van der Waals surface area (Å²) in [5.74, 6) is -0.0156. The summed E-state index contributed by atoms with van der Waals surface area (Å²) in [6, 6.07) is 3.75. The average molecular weight is 297 g/mol. The van der Waals surface area contributed by atoms with E-state index < -0.39 is 11.9 Å². The second kappa shape index (κ2) is 5.38. The zero-order valence-corrected chi connectivity index (χ0v) is 11.8. The Balaban J connectivity index is 2.11. The van der Waals surface area contributed by atoms with Gasteiger partial charge in [-0.1, -0.05) is 11.5 Å². The molecule has 0 saturated carbocycles. The largest absolute Gasteiger partial charge is 0.368 e. The molecule has 0 bridgehead atoms. The molecule has 22 heavy (non-hydrogen) atoms. The fourth-order valence-corrected chi connectivity index (χ4v) is 2.67. The Morgan fingerprint density at radius 1 is 1.41 bits per heavy atom. The smallest absolute Gasteiger partial charge is 0.220 e. The third-order valence-electron chi connectivity index (χ3n) is 3.60. The number of anilines is 1. The molecule has 2 heterocycles. The number of aromatic nitrogens is 2. The highest BCUT2D eigenvalue weighted by Gasteiger charge is 2.26. The van der Waals surface area contributed by atoms with Crippen LogP contribution < -0.4 is 16.7 Å². The first-order valence-corrected chi connectivity index (χ1v) is 6.65. The number of nitrogens with zero attached hydrogens (tertiary/aromatic N) is 3. The number of nitrogen functional groups attached to an aromatic ring is 1. The van der Waals surface area contributed by atoms with Crippen LogP contribution in [0.25, 0.3) is 0 Å². The topological polar surface area (TPSA) is 96.4 Å². The summed E-state index contributed by atoms with van der Waals surface area (Å²) in [5, 5.41) is 9.35. The maximum absolute atomic E-state index is 13.2. The van der Waals surface area contributed by atoms with Crippen molar-refractivity contribution in [3.8, 4) is 0 Å². The molecule has 1 aliphatic heterocycles. The minimum absolute atomic E-state index is 0.154. The minimum atomic E-state index is -0.413. The molecule has 0 saturated heterocycles. The molecule has 2 aromatic rings. The molecule has 4 N–H and O–H groups in total. The van der Waals surface area contributed by atoms with Gasteiger partial charge in [0.2, 0.25) is 5.95 Å². The number of aryl methyl sites for hydroxylation is 1. The molecule has 0 aliphatic carbocycles. The Labute approximate surface area is 127 Å². The van der Waals surface area contributed by atoms with E-state index in [-0.39, 0.29) is 11.8 Å². The first-order chi connectivity index (χ1) is 10.5. The van der Waals surface area contributed by atoms with E-state index >= 15 is 0 Å². The van der Waals surface area contributed by atoms with E-state index in [1.807, 2.05) is 0 Å². The predicted molar refractivity (Wildman–Crippen MR) is 80.9 cm³/mol. The second-order valence-corrected chi connectivity index (χ2v) is 5.07. The van der Waals surface area contributed by atoms with Crippen LogP contribution in [0.3, 0.4) is 0 Å². The van der Waals surface area contributed by atoms with Gasteiger partial charge in [0.1, 0.15) is 13.7 Å². The highest BCUT2D eigenvalue weighted by atomic mass is 19.1. The lowest BCUT2D eigenvalue weighted by Crippen LogP contribution is -2.31. The Hall–Kier alpha value is -2.48. The van der Waals surface area contributed by atoms with E-state index in [1.54, 1.807) is 13.0 Å². The van der Waals surface area contributed by atoms with E-state index in [0.29, 0.717) is 34.4 Å². The molecule has 1 atom stereocenters. The van der Waals surface area contributed by atoms with Gasteiger partial charge in [-0.15, -0.1) is 0 Å². The molecule has 1 aliphatic rings. The molecular formula is C14H13BFN5O. The Morgan fingerprint density at radius 3 is 2.86 bits per heavy atom. The van der Waals surface area contributed by atoms with E-state index in [0.717, 1.165) is 0 Å². The zero-order valence-electron chi connectivity index (χ0n) is 11.8. The van der Waals surface area contributed by atoms with Gasteiger partial charge in [-0.05, 0) is 24.6 Å². The van der Waals surface area contributed by atoms with Gasteiger partial charge in [0, 0.05) is 6.42 Å². The summed E-state index contributed by atoms with van der Waals surface area (Å²) in [4.78, 5) is 12.7. The lowest BCUT2D eigenvalue weighted by Gasteiger charge is -2.24. The van der Waals surface area contributed by atoms with Crippen LogP contribution in [0.1, 0.15) is 28.6 Å². The number of aliphatic imine (C=N–C) groups is 1. The fourth-order valence-electron chi connectivity index (χ4n) is 2.67. The average Bonchev–Trinajstić information content (AvgIpc) is 2.45. The lowest BCUT2D eigenvalue weighted by atomic mass is 9.84. The van der Waals surface area contributed by atoms with Crippen LogP contribution in [0.15, 0.2) is 23.2 Å². The number of halogens is 1. The van der Waals surface area contributed by atoms with Gasteiger partial charge in [0.05, 0.1) is 23.0 Å². The minimum Gasteiger partial charge on any atom is -0.368 e. The molecule has 6 nitrogen and oxygen atoms in total. The number of nitrogens with two attached hydrogens (primary N) is 1. The number of hydroxylamine groups is 1. The van der Waals surface area contributed by atoms with Crippen LogP contribution in [0, 0.1) is 12.7 Å². The molecule has 8 heteroatoms. The Bertz CT molecular complexity index is 780. The number of amidine groups is 1. The molecule has 1 aromatic heterocycles. The molecule has 0 unspecified atom stereocenters. The Morgan fingerprint density at radius 2 is 2.18 bits per heavy atom. The number of hydrogen-bond acceptors (Lipinski definition) is 6. The predicted octanol–water partition coefficient (Wildman–Crippen LogP) is 0.323. The van der Waals surface area contributed by atoms with Crippen LogP contribution in [-0.4, -0.2) is 28.9 Å². The van der Waals surface area contributed by atoms with E-state index in [9.17, 15) is 9.60 Å². The Kier molecular flexibility index (Phi) is 3.54. The van der Waals surface area contributed by atoms with Gasteiger partial charge in [-0.3, -0.25) is 15.7 Å². The van der Waals surface area contributed by atoms with Gasteiger partial charge in [-0.25, -0.2) is 14.4 Å². The maximum Gasteiger partial charge on any atom is 0.220 e. The summed E-state index contributed by atoms with van der Waals surface area (Å²) in [5.41, 5.74) is 10.6. The van der Waals surface area contributed by atoms with Crippen LogP contribution in [0.4, 0.5) is 10.3 Å². The highest BCUT2D eigenvalue weighted by Crippen LogP contribution is 2.29. The summed E-state index contributed by atoms with van der Waals surface area (Å²) < 4.78 is 13.2. The van der Waals surface area contributed by atoms with Crippen molar-refractivity contribution in [3.63, 3.8) is 0 Å². The summed E-state index contributed by atoms with van der Waals surface area (Å²) in [6.45, 7) is 1.76. The molecule has 0 amide bonds. The molecule has 2 radical (unpaired) electrons. The third-order valence-corrected chi connectivity index (χ3v) is 3.60. The van der Waals surface area contributed by atoms with E-state index in [4.69, 9.17) is 13.6 Å². The van der Waals surface area contributed by atoms with E-state index in [2.05, 4.69) is 20.4 Å². The molecule has 0 spiro atoms. The van der Waals surface area contributed by atoms with Gasteiger partial charge in [0.15, 0.2) is 5.84 Å². The first kappa shape index (κ1) is 14.5. The SMILES string of the molecule is [B]c1cc(F)ccc1[C@H]1Cc2nc(N)nc(C)c2C(NO)=N1. The fraction of sp³-hybridized carbons (Fsp3) is 0.214. The summed E-state index contributed by atoms with van der Waals surface area (Å²) in [6.07, 6.45) is 0.434. The quantitative estimate of drug-likeness (QED) is 0.520. The number of benzene rings is 1. The molecule has 0 fully saturated rings. The van der Waals surface area contributed by atoms with Gasteiger partial charge in [-0.2, -0.15) is 0 Å². The van der Waals surface area contributed by atoms with Gasteiger partial charge >= 0.3 is 0 Å².